The largest absolute Gasteiger partial charge is 0.394 e. The van der Waals surface area contributed by atoms with E-state index in [4.69, 9.17) is 5.11 Å². The fraction of sp³-hybridized carbons (Fsp3) is 0.467. The molecule has 122 valence electrons. The number of rotatable bonds is 5. The Kier molecular flexibility index (Phi) is 4.52. The Morgan fingerprint density at radius 3 is 2.70 bits per heavy atom. The summed E-state index contributed by atoms with van der Waals surface area (Å²) in [5, 5.41) is 24.0. The first-order chi connectivity index (χ1) is 11.2. The number of nitrogens with zero attached hydrogens (tertiary/aromatic N) is 5. The maximum Gasteiger partial charge on any atom is 0.287 e. The van der Waals surface area contributed by atoms with Crippen molar-refractivity contribution in [2.75, 3.05) is 24.6 Å². The van der Waals surface area contributed by atoms with Gasteiger partial charge < -0.3 is 10.0 Å². The Labute approximate surface area is 133 Å². The third-order valence-corrected chi connectivity index (χ3v) is 4.24. The molecule has 0 amide bonds. The molecule has 8 nitrogen and oxygen atoms in total. The number of anilines is 1. The van der Waals surface area contributed by atoms with Crippen molar-refractivity contribution in [1.82, 2.24) is 14.8 Å². The molecule has 3 heterocycles. The van der Waals surface area contributed by atoms with Crippen molar-refractivity contribution in [3.05, 3.63) is 46.4 Å². The van der Waals surface area contributed by atoms with E-state index in [9.17, 15) is 10.1 Å². The van der Waals surface area contributed by atoms with Crippen molar-refractivity contribution in [2.24, 2.45) is 0 Å². The van der Waals surface area contributed by atoms with Crippen molar-refractivity contribution >= 4 is 11.5 Å². The molecule has 0 bridgehead atoms. The highest BCUT2D eigenvalue weighted by Gasteiger charge is 2.24. The van der Waals surface area contributed by atoms with Gasteiger partial charge in [0, 0.05) is 37.0 Å². The first-order valence-electron chi connectivity index (χ1n) is 7.67. The Bertz CT molecular complexity index is 662. The van der Waals surface area contributed by atoms with Gasteiger partial charge in [0.15, 0.2) is 0 Å². The maximum absolute atomic E-state index is 10.7. The zero-order valence-corrected chi connectivity index (χ0v) is 12.7. The summed E-state index contributed by atoms with van der Waals surface area (Å²) in [6, 6.07) is 5.21. The maximum atomic E-state index is 10.7. The van der Waals surface area contributed by atoms with Gasteiger partial charge in [0.05, 0.1) is 18.1 Å². The van der Waals surface area contributed by atoms with Crippen LogP contribution in [0.3, 0.4) is 0 Å². The lowest BCUT2D eigenvalue weighted by molar-refractivity contribution is -0.385. The number of nitro groups is 1. The lowest BCUT2D eigenvalue weighted by Crippen LogP contribution is -2.34. The fourth-order valence-corrected chi connectivity index (χ4v) is 3.05. The van der Waals surface area contributed by atoms with Crippen LogP contribution in [0.4, 0.5) is 11.5 Å². The zero-order valence-electron chi connectivity index (χ0n) is 12.7. The van der Waals surface area contributed by atoms with Crippen LogP contribution in [0.2, 0.25) is 0 Å². The van der Waals surface area contributed by atoms with E-state index >= 15 is 0 Å². The SMILES string of the molecule is O=[N+]([O-])c1ccc(N2CCC(c3ccnn3CCO)CC2)nc1. The predicted molar refractivity (Wildman–Crippen MR) is 84.4 cm³/mol. The van der Waals surface area contributed by atoms with Crippen LogP contribution in [0, 0.1) is 10.1 Å². The van der Waals surface area contributed by atoms with E-state index in [0.29, 0.717) is 12.5 Å². The second-order valence-electron chi connectivity index (χ2n) is 5.60. The molecule has 2 aromatic rings. The van der Waals surface area contributed by atoms with Gasteiger partial charge in [-0.05, 0) is 25.0 Å². The van der Waals surface area contributed by atoms with E-state index in [-0.39, 0.29) is 12.3 Å². The summed E-state index contributed by atoms with van der Waals surface area (Å²) in [5.41, 5.74) is 1.17. The Hall–Kier alpha value is -2.48. The Morgan fingerprint density at radius 1 is 1.30 bits per heavy atom. The molecular formula is C15H19N5O3. The average Bonchev–Trinajstić information content (AvgIpc) is 3.04. The molecule has 0 radical (unpaired) electrons. The van der Waals surface area contributed by atoms with Gasteiger partial charge in [-0.25, -0.2) is 4.98 Å². The van der Waals surface area contributed by atoms with E-state index < -0.39 is 4.92 Å². The van der Waals surface area contributed by atoms with Crippen molar-refractivity contribution in [3.8, 4) is 0 Å². The van der Waals surface area contributed by atoms with Crippen LogP contribution in [0.25, 0.3) is 0 Å². The predicted octanol–water partition coefficient (Wildman–Crippen LogP) is 1.56. The van der Waals surface area contributed by atoms with E-state index in [1.807, 2.05) is 10.7 Å². The van der Waals surface area contributed by atoms with Crippen molar-refractivity contribution in [2.45, 2.75) is 25.3 Å². The molecule has 0 aliphatic carbocycles. The van der Waals surface area contributed by atoms with Crippen LogP contribution in [-0.2, 0) is 6.54 Å². The van der Waals surface area contributed by atoms with Crippen molar-refractivity contribution in [1.29, 1.82) is 0 Å². The highest BCUT2D eigenvalue weighted by Crippen LogP contribution is 2.30. The van der Waals surface area contributed by atoms with Gasteiger partial charge >= 0.3 is 0 Å². The molecule has 0 unspecified atom stereocenters. The second kappa shape index (κ2) is 6.74. The highest BCUT2D eigenvalue weighted by atomic mass is 16.6. The quantitative estimate of drug-likeness (QED) is 0.664. The van der Waals surface area contributed by atoms with Gasteiger partial charge in [0.25, 0.3) is 5.69 Å². The Morgan fingerprint density at radius 2 is 2.09 bits per heavy atom. The van der Waals surface area contributed by atoms with Crippen molar-refractivity contribution < 1.29 is 10.0 Å². The van der Waals surface area contributed by atoms with Crippen molar-refractivity contribution in [3.63, 3.8) is 0 Å². The molecule has 3 rings (SSSR count). The summed E-state index contributed by atoms with van der Waals surface area (Å²) in [5.74, 6) is 1.19. The summed E-state index contributed by atoms with van der Waals surface area (Å²) in [4.78, 5) is 16.6. The number of pyridine rings is 1. The average molecular weight is 317 g/mol. The van der Waals surface area contributed by atoms with Gasteiger partial charge in [-0.3, -0.25) is 14.8 Å². The minimum Gasteiger partial charge on any atom is -0.394 e. The van der Waals surface area contributed by atoms with E-state index in [1.54, 1.807) is 12.3 Å². The lowest BCUT2D eigenvalue weighted by atomic mass is 9.93. The molecule has 0 atom stereocenters. The third-order valence-electron chi connectivity index (χ3n) is 4.24. The molecule has 0 saturated carbocycles. The monoisotopic (exact) mass is 317 g/mol. The number of piperidine rings is 1. The van der Waals surface area contributed by atoms with Gasteiger partial charge in [0.1, 0.15) is 12.0 Å². The first kappa shape index (κ1) is 15.4. The molecule has 1 aliphatic rings. The smallest absolute Gasteiger partial charge is 0.287 e. The number of hydrogen-bond acceptors (Lipinski definition) is 6. The zero-order chi connectivity index (χ0) is 16.2. The summed E-state index contributed by atoms with van der Waals surface area (Å²) in [6.07, 6.45) is 5.01. The minimum absolute atomic E-state index is 0.0107. The standard InChI is InChI=1S/C15H19N5O3/c21-10-9-19-14(3-6-17-19)12-4-7-18(8-5-12)15-2-1-13(11-16-15)20(22)23/h1-3,6,11-12,21H,4-5,7-10H2. The molecule has 0 aromatic carbocycles. The molecule has 23 heavy (non-hydrogen) atoms. The molecule has 1 fully saturated rings. The number of aromatic nitrogens is 3. The molecule has 8 heteroatoms. The molecular weight excluding hydrogens is 298 g/mol. The van der Waals surface area contributed by atoms with Gasteiger partial charge in [-0.15, -0.1) is 0 Å². The fourth-order valence-electron chi connectivity index (χ4n) is 3.05. The van der Waals surface area contributed by atoms with Crippen LogP contribution in [0.1, 0.15) is 24.5 Å². The topological polar surface area (TPSA) is 97.3 Å². The first-order valence-corrected chi connectivity index (χ1v) is 7.67. The number of aliphatic hydroxyl groups excluding tert-OH is 1. The number of aliphatic hydroxyl groups is 1. The van der Waals surface area contributed by atoms with Crippen LogP contribution < -0.4 is 4.90 Å². The highest BCUT2D eigenvalue weighted by molar-refractivity contribution is 5.43. The molecule has 1 N–H and O–H groups in total. The van der Waals surface area contributed by atoms with Gasteiger partial charge in [-0.2, -0.15) is 5.10 Å². The summed E-state index contributed by atoms with van der Waals surface area (Å²) in [6.45, 7) is 2.30. The second-order valence-corrected chi connectivity index (χ2v) is 5.60. The van der Waals surface area contributed by atoms with Crippen LogP contribution in [0.5, 0.6) is 0 Å². The van der Waals surface area contributed by atoms with Gasteiger partial charge in [0.2, 0.25) is 0 Å². The third kappa shape index (κ3) is 3.31. The van der Waals surface area contributed by atoms with Gasteiger partial charge in [-0.1, -0.05) is 0 Å². The normalized spacial score (nSPS) is 15.8. The summed E-state index contributed by atoms with van der Waals surface area (Å²) >= 11 is 0. The lowest BCUT2D eigenvalue weighted by Gasteiger charge is -2.32. The van der Waals surface area contributed by atoms with Crippen LogP contribution >= 0.6 is 0 Å². The van der Waals surface area contributed by atoms with Crippen LogP contribution in [-0.4, -0.2) is 44.5 Å². The molecule has 1 saturated heterocycles. The summed E-state index contributed by atoms with van der Waals surface area (Å²) in [7, 11) is 0. The molecule has 0 spiro atoms. The molecule has 2 aromatic heterocycles. The minimum atomic E-state index is -0.439. The van der Waals surface area contributed by atoms with E-state index in [1.165, 1.54) is 12.3 Å². The number of hydrogen-bond donors (Lipinski definition) is 1. The van der Waals surface area contributed by atoms with E-state index in [0.717, 1.165) is 37.4 Å². The summed E-state index contributed by atoms with van der Waals surface area (Å²) < 4.78 is 1.87. The van der Waals surface area contributed by atoms with Crippen LogP contribution in [0.15, 0.2) is 30.6 Å². The Balaban J connectivity index is 1.64. The molecule has 1 aliphatic heterocycles. The van der Waals surface area contributed by atoms with E-state index in [2.05, 4.69) is 15.0 Å².